The van der Waals surface area contributed by atoms with Crippen molar-refractivity contribution < 1.29 is 12.8 Å². The number of nitrogens with one attached hydrogen (secondary N) is 1. The standard InChI is InChI=1S/C12H12BrClN2O3S/c1-8(5-10-3-2-4-19-10)16-20(17,18)11-6-9(13)7-15-12(11)14/h2-4,6-8,16H,5H2,1H3. The Morgan fingerprint density at radius 3 is 2.95 bits per heavy atom. The Bertz CT molecular complexity index is 689. The average Bonchev–Trinajstić information content (AvgIpc) is 2.84. The lowest BCUT2D eigenvalue weighted by atomic mass is 10.2. The number of hydrogen-bond acceptors (Lipinski definition) is 4. The highest BCUT2D eigenvalue weighted by Crippen LogP contribution is 2.23. The summed E-state index contributed by atoms with van der Waals surface area (Å²) < 4.78 is 32.8. The average molecular weight is 380 g/mol. The summed E-state index contributed by atoms with van der Waals surface area (Å²) in [4.78, 5) is 3.75. The van der Waals surface area contributed by atoms with Crippen molar-refractivity contribution in [1.29, 1.82) is 0 Å². The summed E-state index contributed by atoms with van der Waals surface area (Å²) in [6, 6.07) is 4.63. The molecule has 0 aliphatic heterocycles. The van der Waals surface area contributed by atoms with E-state index in [-0.39, 0.29) is 16.1 Å². The van der Waals surface area contributed by atoms with Crippen molar-refractivity contribution in [1.82, 2.24) is 9.71 Å². The van der Waals surface area contributed by atoms with E-state index in [1.165, 1.54) is 12.3 Å². The lowest BCUT2D eigenvalue weighted by molar-refractivity contribution is 0.479. The second-order valence-electron chi connectivity index (χ2n) is 4.25. The molecule has 0 radical (unpaired) electrons. The van der Waals surface area contributed by atoms with E-state index in [0.29, 0.717) is 16.7 Å². The van der Waals surface area contributed by atoms with Gasteiger partial charge < -0.3 is 4.42 Å². The van der Waals surface area contributed by atoms with E-state index in [2.05, 4.69) is 25.6 Å². The van der Waals surface area contributed by atoms with E-state index < -0.39 is 10.0 Å². The smallest absolute Gasteiger partial charge is 0.243 e. The van der Waals surface area contributed by atoms with Crippen LogP contribution in [0.5, 0.6) is 0 Å². The Morgan fingerprint density at radius 2 is 2.30 bits per heavy atom. The molecule has 8 heteroatoms. The second kappa shape index (κ2) is 6.26. The lowest BCUT2D eigenvalue weighted by Gasteiger charge is -2.13. The highest BCUT2D eigenvalue weighted by atomic mass is 79.9. The van der Waals surface area contributed by atoms with Gasteiger partial charge in [-0.3, -0.25) is 0 Å². The minimum absolute atomic E-state index is 0.0557. The highest BCUT2D eigenvalue weighted by Gasteiger charge is 2.22. The maximum Gasteiger partial charge on any atom is 0.243 e. The molecule has 5 nitrogen and oxygen atoms in total. The molecule has 0 aliphatic carbocycles. The molecule has 1 N–H and O–H groups in total. The fourth-order valence-electron chi connectivity index (χ4n) is 1.69. The van der Waals surface area contributed by atoms with Crippen LogP contribution in [0.3, 0.4) is 0 Å². The third-order valence-electron chi connectivity index (χ3n) is 2.51. The molecule has 1 atom stereocenters. The van der Waals surface area contributed by atoms with Gasteiger partial charge in [0.2, 0.25) is 10.0 Å². The topological polar surface area (TPSA) is 72.2 Å². The molecule has 108 valence electrons. The molecule has 2 aromatic rings. The molecular weight excluding hydrogens is 368 g/mol. The molecule has 2 aromatic heterocycles. The van der Waals surface area contributed by atoms with Gasteiger partial charge in [0.15, 0.2) is 0 Å². The summed E-state index contributed by atoms with van der Waals surface area (Å²) in [7, 11) is -3.73. The van der Waals surface area contributed by atoms with E-state index in [9.17, 15) is 8.42 Å². The molecule has 2 heterocycles. The Morgan fingerprint density at radius 1 is 1.55 bits per heavy atom. The molecule has 1 unspecified atom stereocenters. The van der Waals surface area contributed by atoms with E-state index >= 15 is 0 Å². The summed E-state index contributed by atoms with van der Waals surface area (Å²) in [5.74, 6) is 0.707. The molecule has 0 amide bonds. The molecular formula is C12H12BrClN2O3S. The van der Waals surface area contributed by atoms with Gasteiger partial charge in [-0.1, -0.05) is 11.6 Å². The largest absolute Gasteiger partial charge is 0.469 e. The van der Waals surface area contributed by atoms with Crippen LogP contribution in [0.1, 0.15) is 12.7 Å². The first kappa shape index (κ1) is 15.5. The molecule has 0 saturated heterocycles. The number of rotatable bonds is 5. The van der Waals surface area contributed by atoms with Crippen molar-refractivity contribution in [3.05, 3.63) is 46.0 Å². The van der Waals surface area contributed by atoms with Gasteiger partial charge >= 0.3 is 0 Å². The first-order valence-electron chi connectivity index (χ1n) is 5.74. The maximum atomic E-state index is 12.3. The zero-order chi connectivity index (χ0) is 14.8. The van der Waals surface area contributed by atoms with E-state index in [0.717, 1.165) is 0 Å². The lowest BCUT2D eigenvalue weighted by Crippen LogP contribution is -2.34. The number of sulfonamides is 1. The first-order valence-corrected chi connectivity index (χ1v) is 8.39. The molecule has 0 aliphatic rings. The SMILES string of the molecule is CC(Cc1ccco1)NS(=O)(=O)c1cc(Br)cnc1Cl. The fourth-order valence-corrected chi connectivity index (χ4v) is 3.88. The molecule has 0 saturated carbocycles. The highest BCUT2D eigenvalue weighted by molar-refractivity contribution is 9.10. The third-order valence-corrected chi connectivity index (χ3v) is 4.96. The normalized spacial score (nSPS) is 13.3. The zero-order valence-electron chi connectivity index (χ0n) is 10.5. The Balaban J connectivity index is 2.16. The van der Waals surface area contributed by atoms with Crippen molar-refractivity contribution in [2.75, 3.05) is 0 Å². The van der Waals surface area contributed by atoms with Crippen LogP contribution in [0.2, 0.25) is 5.15 Å². The van der Waals surface area contributed by atoms with Crippen LogP contribution in [0.15, 0.2) is 44.4 Å². The predicted octanol–water partition coefficient (Wildman–Crippen LogP) is 3.00. The molecule has 0 bridgehead atoms. The molecule has 2 rings (SSSR count). The van der Waals surface area contributed by atoms with Crippen molar-refractivity contribution >= 4 is 37.6 Å². The van der Waals surface area contributed by atoms with Crippen LogP contribution in [0.25, 0.3) is 0 Å². The Labute approximate surface area is 130 Å². The minimum atomic E-state index is -3.73. The van der Waals surface area contributed by atoms with Crippen molar-refractivity contribution in [3.63, 3.8) is 0 Å². The van der Waals surface area contributed by atoms with Crippen LogP contribution in [-0.4, -0.2) is 19.4 Å². The number of pyridine rings is 1. The first-order chi connectivity index (χ1) is 9.38. The van der Waals surface area contributed by atoms with Crippen LogP contribution in [0, 0.1) is 0 Å². The summed E-state index contributed by atoms with van der Waals surface area (Å²) >= 11 is 9.01. The molecule has 0 fully saturated rings. The van der Waals surface area contributed by atoms with Crippen LogP contribution in [0.4, 0.5) is 0 Å². The third kappa shape index (κ3) is 3.82. The number of nitrogens with zero attached hydrogens (tertiary/aromatic N) is 1. The Kier molecular flexibility index (Phi) is 4.85. The van der Waals surface area contributed by atoms with Crippen LogP contribution >= 0.6 is 27.5 Å². The van der Waals surface area contributed by atoms with Crippen LogP contribution in [-0.2, 0) is 16.4 Å². The number of hydrogen-bond donors (Lipinski definition) is 1. The van der Waals surface area contributed by atoms with Gasteiger partial charge in [0, 0.05) is 23.1 Å². The minimum Gasteiger partial charge on any atom is -0.469 e. The number of aromatic nitrogens is 1. The van der Waals surface area contributed by atoms with Gasteiger partial charge in [-0.25, -0.2) is 18.1 Å². The number of halogens is 2. The zero-order valence-corrected chi connectivity index (χ0v) is 13.7. The monoisotopic (exact) mass is 378 g/mol. The van der Waals surface area contributed by atoms with Gasteiger partial charge in [-0.15, -0.1) is 0 Å². The Hall–Kier alpha value is -0.890. The van der Waals surface area contributed by atoms with Gasteiger partial charge in [0.1, 0.15) is 15.8 Å². The summed E-state index contributed by atoms with van der Waals surface area (Å²) in [6.07, 6.45) is 3.44. The van der Waals surface area contributed by atoms with Gasteiger partial charge in [-0.05, 0) is 41.1 Å². The summed E-state index contributed by atoms with van der Waals surface area (Å²) in [5, 5.41) is -0.0640. The van der Waals surface area contributed by atoms with E-state index in [4.69, 9.17) is 16.0 Å². The predicted molar refractivity (Wildman–Crippen MR) is 79.1 cm³/mol. The van der Waals surface area contributed by atoms with E-state index in [1.54, 1.807) is 25.3 Å². The molecule has 0 aromatic carbocycles. The van der Waals surface area contributed by atoms with Crippen LogP contribution < -0.4 is 4.72 Å². The molecule has 20 heavy (non-hydrogen) atoms. The molecule has 0 spiro atoms. The van der Waals surface area contributed by atoms with Crippen molar-refractivity contribution in [2.24, 2.45) is 0 Å². The van der Waals surface area contributed by atoms with Gasteiger partial charge in [0.25, 0.3) is 0 Å². The second-order valence-corrected chi connectivity index (χ2v) is 7.20. The van der Waals surface area contributed by atoms with Crippen molar-refractivity contribution in [3.8, 4) is 0 Å². The summed E-state index contributed by atoms with van der Waals surface area (Å²) in [5.41, 5.74) is 0. The summed E-state index contributed by atoms with van der Waals surface area (Å²) in [6.45, 7) is 1.75. The maximum absolute atomic E-state index is 12.3. The number of furan rings is 1. The van der Waals surface area contributed by atoms with Crippen molar-refractivity contribution in [2.45, 2.75) is 24.3 Å². The fraction of sp³-hybridized carbons (Fsp3) is 0.250. The van der Waals surface area contributed by atoms with Gasteiger partial charge in [-0.2, -0.15) is 0 Å². The quantitative estimate of drug-likeness (QED) is 0.811. The van der Waals surface area contributed by atoms with Gasteiger partial charge in [0.05, 0.1) is 6.26 Å². The van der Waals surface area contributed by atoms with E-state index in [1.807, 2.05) is 0 Å².